The minimum atomic E-state index is -0.997. The Kier molecular flexibility index (Phi) is 11.1. The first kappa shape index (κ1) is 29.0. The number of aliphatic carboxylic acids is 2. The van der Waals surface area contributed by atoms with E-state index in [2.05, 4.69) is 25.6 Å². The molecule has 0 amide bonds. The van der Waals surface area contributed by atoms with Crippen molar-refractivity contribution in [2.45, 2.75) is 88.9 Å². The predicted molar refractivity (Wildman–Crippen MR) is 143 cm³/mol. The van der Waals surface area contributed by atoms with Crippen LogP contribution in [0.1, 0.15) is 89.2 Å². The number of hydrogen-bond acceptors (Lipinski definition) is 3. The molecular formula is C31H40O5. The molecule has 0 aliphatic rings. The minimum absolute atomic E-state index is 0.126. The number of carboxylic acid groups (broad SMARTS) is 2. The predicted octanol–water partition coefficient (Wildman–Crippen LogP) is 7.10. The maximum atomic E-state index is 12.5. The van der Waals surface area contributed by atoms with E-state index < -0.39 is 17.4 Å². The molecule has 0 aliphatic heterocycles. The van der Waals surface area contributed by atoms with Gasteiger partial charge in [0.05, 0.1) is 0 Å². The van der Waals surface area contributed by atoms with Crippen LogP contribution in [-0.2, 0) is 25.2 Å². The molecule has 2 N–H and O–H groups in total. The Bertz CT molecular complexity index is 1010. The number of carbonyl (C=O) groups is 3. The van der Waals surface area contributed by atoms with Crippen LogP contribution in [0.3, 0.4) is 0 Å². The van der Waals surface area contributed by atoms with E-state index in [-0.39, 0.29) is 23.2 Å². The third kappa shape index (κ3) is 8.47. The SMILES string of the molecule is C=C(C(=O)O)C(C)(CCCCC(=O)CCCCC(C)(CCC(=O)O)c1ccccc1)c1ccccc1. The van der Waals surface area contributed by atoms with Crippen LogP contribution in [0.4, 0.5) is 0 Å². The highest BCUT2D eigenvalue weighted by molar-refractivity contribution is 5.89. The van der Waals surface area contributed by atoms with Gasteiger partial charge in [-0.25, -0.2) is 4.79 Å². The average Bonchev–Trinajstić information content (AvgIpc) is 2.88. The summed E-state index contributed by atoms with van der Waals surface area (Å²) in [5.74, 6) is -1.56. The van der Waals surface area contributed by atoms with Gasteiger partial charge in [-0.15, -0.1) is 0 Å². The third-order valence-corrected chi connectivity index (χ3v) is 7.51. The first-order valence-electron chi connectivity index (χ1n) is 12.9. The maximum Gasteiger partial charge on any atom is 0.331 e. The molecule has 2 aromatic carbocycles. The summed E-state index contributed by atoms with van der Waals surface area (Å²) in [5.41, 5.74) is 1.34. The van der Waals surface area contributed by atoms with Crippen LogP contribution in [0, 0.1) is 0 Å². The monoisotopic (exact) mass is 492 g/mol. The van der Waals surface area contributed by atoms with E-state index >= 15 is 0 Å². The van der Waals surface area contributed by atoms with Crippen LogP contribution >= 0.6 is 0 Å². The van der Waals surface area contributed by atoms with E-state index in [0.29, 0.717) is 32.1 Å². The Labute approximate surface area is 215 Å². The van der Waals surface area contributed by atoms with E-state index in [9.17, 15) is 19.5 Å². The van der Waals surface area contributed by atoms with Gasteiger partial charge in [-0.1, -0.05) is 93.9 Å². The molecule has 0 bridgehead atoms. The fourth-order valence-corrected chi connectivity index (χ4v) is 4.91. The summed E-state index contributed by atoms with van der Waals surface area (Å²) in [4.78, 5) is 35.3. The summed E-state index contributed by atoms with van der Waals surface area (Å²) in [7, 11) is 0. The van der Waals surface area contributed by atoms with Crippen LogP contribution in [-0.4, -0.2) is 27.9 Å². The van der Waals surface area contributed by atoms with Gasteiger partial charge in [0.2, 0.25) is 0 Å². The number of rotatable bonds is 17. The van der Waals surface area contributed by atoms with Gasteiger partial charge in [-0.3, -0.25) is 9.59 Å². The van der Waals surface area contributed by atoms with Gasteiger partial charge in [0.15, 0.2) is 0 Å². The lowest BCUT2D eigenvalue weighted by Crippen LogP contribution is -2.28. The fourth-order valence-electron chi connectivity index (χ4n) is 4.91. The van der Waals surface area contributed by atoms with Crippen LogP contribution in [0.5, 0.6) is 0 Å². The third-order valence-electron chi connectivity index (χ3n) is 7.51. The van der Waals surface area contributed by atoms with Crippen LogP contribution in [0.2, 0.25) is 0 Å². The van der Waals surface area contributed by atoms with E-state index in [1.807, 2.05) is 55.5 Å². The zero-order valence-corrected chi connectivity index (χ0v) is 21.7. The molecule has 5 nitrogen and oxygen atoms in total. The zero-order valence-electron chi connectivity index (χ0n) is 21.7. The van der Waals surface area contributed by atoms with E-state index in [1.54, 1.807) is 0 Å². The molecule has 36 heavy (non-hydrogen) atoms. The molecule has 2 unspecified atom stereocenters. The lowest BCUT2D eigenvalue weighted by atomic mass is 9.72. The second kappa shape index (κ2) is 13.8. The van der Waals surface area contributed by atoms with Crippen LogP contribution in [0.25, 0.3) is 0 Å². The summed E-state index contributed by atoms with van der Waals surface area (Å²) >= 11 is 0. The number of carbonyl (C=O) groups excluding carboxylic acids is 1. The van der Waals surface area contributed by atoms with E-state index in [0.717, 1.165) is 36.8 Å². The van der Waals surface area contributed by atoms with Crippen molar-refractivity contribution in [1.29, 1.82) is 0 Å². The van der Waals surface area contributed by atoms with Gasteiger partial charge in [0.1, 0.15) is 5.78 Å². The van der Waals surface area contributed by atoms with Gasteiger partial charge < -0.3 is 10.2 Å². The topological polar surface area (TPSA) is 91.7 Å². The highest BCUT2D eigenvalue weighted by atomic mass is 16.4. The summed E-state index contributed by atoms with van der Waals surface area (Å²) in [6, 6.07) is 19.6. The van der Waals surface area contributed by atoms with Gasteiger partial charge in [-0.2, -0.15) is 0 Å². The van der Waals surface area contributed by atoms with Gasteiger partial charge >= 0.3 is 11.9 Å². The van der Waals surface area contributed by atoms with Crippen molar-refractivity contribution in [3.05, 3.63) is 83.9 Å². The Morgan fingerprint density at radius 3 is 1.69 bits per heavy atom. The molecule has 0 spiro atoms. The quantitative estimate of drug-likeness (QED) is 0.182. The Morgan fingerprint density at radius 2 is 1.19 bits per heavy atom. The molecule has 2 atom stereocenters. The van der Waals surface area contributed by atoms with Crippen molar-refractivity contribution in [2.24, 2.45) is 0 Å². The van der Waals surface area contributed by atoms with Crippen LogP contribution < -0.4 is 0 Å². The zero-order chi connectivity index (χ0) is 26.6. The number of benzene rings is 2. The average molecular weight is 493 g/mol. The lowest BCUT2D eigenvalue weighted by Gasteiger charge is -2.30. The summed E-state index contributed by atoms with van der Waals surface area (Å²) in [5, 5.41) is 18.7. The second-order valence-corrected chi connectivity index (χ2v) is 10.3. The number of hydrogen-bond donors (Lipinski definition) is 2. The molecule has 0 saturated heterocycles. The van der Waals surface area contributed by atoms with E-state index in [1.165, 1.54) is 0 Å². The molecule has 0 aliphatic carbocycles. The lowest BCUT2D eigenvalue weighted by molar-refractivity contribution is -0.137. The van der Waals surface area contributed by atoms with Crippen molar-refractivity contribution in [3.63, 3.8) is 0 Å². The maximum absolute atomic E-state index is 12.5. The number of carboxylic acids is 2. The number of ketones is 1. The molecular weight excluding hydrogens is 452 g/mol. The van der Waals surface area contributed by atoms with Gasteiger partial charge in [0.25, 0.3) is 0 Å². The first-order valence-corrected chi connectivity index (χ1v) is 12.9. The summed E-state index contributed by atoms with van der Waals surface area (Å²) in [6.45, 7) is 7.86. The Balaban J connectivity index is 1.81. The van der Waals surface area contributed by atoms with Crippen molar-refractivity contribution in [1.82, 2.24) is 0 Å². The Hall–Kier alpha value is -3.21. The summed E-state index contributed by atoms with van der Waals surface area (Å²) in [6.07, 6.45) is 6.26. The smallest absolute Gasteiger partial charge is 0.331 e. The van der Waals surface area contributed by atoms with E-state index in [4.69, 9.17) is 5.11 Å². The summed E-state index contributed by atoms with van der Waals surface area (Å²) < 4.78 is 0. The Morgan fingerprint density at radius 1 is 0.694 bits per heavy atom. The molecule has 0 heterocycles. The highest BCUT2D eigenvalue weighted by Gasteiger charge is 2.33. The molecule has 0 aromatic heterocycles. The molecule has 2 aromatic rings. The van der Waals surface area contributed by atoms with Crippen molar-refractivity contribution in [2.75, 3.05) is 0 Å². The largest absolute Gasteiger partial charge is 0.481 e. The van der Waals surface area contributed by atoms with Crippen molar-refractivity contribution < 1.29 is 24.6 Å². The first-order chi connectivity index (χ1) is 17.1. The highest BCUT2D eigenvalue weighted by Crippen LogP contribution is 2.37. The fraction of sp³-hybridized carbons (Fsp3) is 0.452. The molecule has 2 rings (SSSR count). The van der Waals surface area contributed by atoms with Crippen molar-refractivity contribution >= 4 is 17.7 Å². The molecule has 194 valence electrons. The molecule has 0 saturated carbocycles. The molecule has 5 heteroatoms. The van der Waals surface area contributed by atoms with Gasteiger partial charge in [0, 0.05) is 30.3 Å². The molecule has 0 radical (unpaired) electrons. The number of unbranched alkanes of at least 4 members (excludes halogenated alkanes) is 2. The minimum Gasteiger partial charge on any atom is -0.481 e. The van der Waals surface area contributed by atoms with Gasteiger partial charge in [-0.05, 0) is 48.6 Å². The van der Waals surface area contributed by atoms with Crippen molar-refractivity contribution in [3.8, 4) is 0 Å². The standard InChI is InChI=1S/C31H40O5/c1-24(29(35)36)31(3,26-16-8-5-9-17-26)22-13-11-19-27(32)18-10-12-21-30(2,23-20-28(33)34)25-14-6-4-7-15-25/h4-9,14-17H,1,10-13,18-23H2,2-3H3,(H,33,34)(H,35,36). The van der Waals surface area contributed by atoms with Crippen LogP contribution in [0.15, 0.2) is 72.8 Å². The second-order valence-electron chi connectivity index (χ2n) is 10.3. The number of Topliss-reactive ketones (excluding diaryl/α,β-unsaturated/α-hetero) is 1. The normalized spacial score (nSPS) is 14.4. The molecule has 0 fully saturated rings.